The number of anilines is 1. The van der Waals surface area contributed by atoms with E-state index in [0.29, 0.717) is 15.5 Å². The fraction of sp³-hybridized carbons (Fsp3) is 0.294. The van der Waals surface area contributed by atoms with Crippen molar-refractivity contribution in [3.05, 3.63) is 56.5 Å². The lowest BCUT2D eigenvalue weighted by molar-refractivity contribution is 0.468. The first-order chi connectivity index (χ1) is 9.77. The molecule has 0 fully saturated rings. The number of aromatic hydroxyl groups is 1. The summed E-state index contributed by atoms with van der Waals surface area (Å²) in [6.45, 7) is 7.33. The zero-order chi connectivity index (χ0) is 15.6. The lowest BCUT2D eigenvalue weighted by atomic mass is 9.87. The predicted molar refractivity (Wildman–Crippen MR) is 96.0 cm³/mol. The normalized spacial score (nSPS) is 11.5. The maximum atomic E-state index is 9.71. The van der Waals surface area contributed by atoms with Crippen molar-refractivity contribution < 1.29 is 5.11 Å². The number of hydrogen-bond donors (Lipinski definition) is 2. The van der Waals surface area contributed by atoms with Crippen LogP contribution in [0, 0.1) is 0 Å². The monoisotopic (exact) mass is 411 g/mol. The largest absolute Gasteiger partial charge is 0.506 e. The molecule has 21 heavy (non-hydrogen) atoms. The number of hydrogen-bond acceptors (Lipinski definition) is 2. The first-order valence-electron chi connectivity index (χ1n) is 6.78. The lowest BCUT2D eigenvalue weighted by Crippen LogP contribution is -2.10. The average Bonchev–Trinajstić information content (AvgIpc) is 2.42. The van der Waals surface area contributed by atoms with Gasteiger partial charge in [0, 0.05) is 12.2 Å². The highest BCUT2D eigenvalue weighted by Crippen LogP contribution is 2.33. The minimum Gasteiger partial charge on any atom is -0.506 e. The van der Waals surface area contributed by atoms with E-state index in [1.54, 1.807) is 0 Å². The van der Waals surface area contributed by atoms with Gasteiger partial charge in [-0.3, -0.25) is 0 Å². The highest BCUT2D eigenvalue weighted by Gasteiger charge is 2.12. The van der Waals surface area contributed by atoms with E-state index in [2.05, 4.69) is 82.2 Å². The fourth-order valence-corrected chi connectivity index (χ4v) is 3.29. The molecule has 2 N–H and O–H groups in total. The van der Waals surface area contributed by atoms with Crippen molar-refractivity contribution in [2.75, 3.05) is 5.32 Å². The van der Waals surface area contributed by atoms with Crippen LogP contribution in [0.2, 0.25) is 0 Å². The van der Waals surface area contributed by atoms with Gasteiger partial charge in [-0.25, -0.2) is 0 Å². The summed E-state index contributed by atoms with van der Waals surface area (Å²) < 4.78 is 1.38. The second-order valence-corrected chi connectivity index (χ2v) is 7.80. The standard InChI is InChI=1S/C17H19Br2NO/c1-17(2,3)12-4-6-13(7-5-12)20-10-11-8-14(18)16(21)15(19)9-11/h4-9,20-21H,10H2,1-3H3. The van der Waals surface area contributed by atoms with Crippen LogP contribution in [-0.2, 0) is 12.0 Å². The van der Waals surface area contributed by atoms with Gasteiger partial charge < -0.3 is 10.4 Å². The third kappa shape index (κ3) is 4.24. The molecule has 0 atom stereocenters. The smallest absolute Gasteiger partial charge is 0.143 e. The van der Waals surface area contributed by atoms with E-state index in [1.165, 1.54) is 5.56 Å². The summed E-state index contributed by atoms with van der Waals surface area (Å²) in [5, 5.41) is 13.1. The third-order valence-corrected chi connectivity index (χ3v) is 4.53. The van der Waals surface area contributed by atoms with E-state index >= 15 is 0 Å². The quantitative estimate of drug-likeness (QED) is 0.664. The highest BCUT2D eigenvalue weighted by molar-refractivity contribution is 9.11. The summed E-state index contributed by atoms with van der Waals surface area (Å²) >= 11 is 6.69. The Morgan fingerprint density at radius 1 is 1.00 bits per heavy atom. The van der Waals surface area contributed by atoms with Crippen molar-refractivity contribution in [3.8, 4) is 5.75 Å². The third-order valence-electron chi connectivity index (χ3n) is 3.32. The van der Waals surface area contributed by atoms with Crippen molar-refractivity contribution >= 4 is 37.5 Å². The molecule has 0 aliphatic heterocycles. The molecule has 2 aromatic rings. The molecule has 0 unspecified atom stereocenters. The Kier molecular flexibility index (Phi) is 4.99. The Balaban J connectivity index is 2.07. The molecule has 0 radical (unpaired) electrons. The predicted octanol–water partition coefficient (Wildman–Crippen LogP) is 5.83. The number of phenolic OH excluding ortho intramolecular Hbond substituents is 1. The van der Waals surface area contributed by atoms with E-state index in [-0.39, 0.29) is 11.2 Å². The summed E-state index contributed by atoms with van der Waals surface area (Å²) in [5.74, 6) is 0.230. The summed E-state index contributed by atoms with van der Waals surface area (Å²) in [6.07, 6.45) is 0. The van der Waals surface area contributed by atoms with Gasteiger partial charge in [-0.15, -0.1) is 0 Å². The van der Waals surface area contributed by atoms with Crippen molar-refractivity contribution in [1.29, 1.82) is 0 Å². The van der Waals surface area contributed by atoms with Crippen LogP contribution in [0.4, 0.5) is 5.69 Å². The molecule has 2 rings (SSSR count). The first kappa shape index (κ1) is 16.4. The summed E-state index contributed by atoms with van der Waals surface area (Å²) in [4.78, 5) is 0. The number of nitrogens with one attached hydrogen (secondary N) is 1. The Morgan fingerprint density at radius 2 is 1.52 bits per heavy atom. The Labute approximate surface area is 142 Å². The van der Waals surface area contributed by atoms with Gasteiger partial charge in [0.05, 0.1) is 8.95 Å². The van der Waals surface area contributed by atoms with Crippen LogP contribution in [0.25, 0.3) is 0 Å². The van der Waals surface area contributed by atoms with Gasteiger partial charge in [-0.05, 0) is 72.7 Å². The lowest BCUT2D eigenvalue weighted by Gasteiger charge is -2.19. The zero-order valence-electron chi connectivity index (χ0n) is 12.4. The fourth-order valence-electron chi connectivity index (χ4n) is 2.01. The highest BCUT2D eigenvalue weighted by atomic mass is 79.9. The van der Waals surface area contributed by atoms with Gasteiger partial charge in [0.2, 0.25) is 0 Å². The van der Waals surface area contributed by atoms with Crippen molar-refractivity contribution in [2.24, 2.45) is 0 Å². The van der Waals surface area contributed by atoms with E-state index < -0.39 is 0 Å². The van der Waals surface area contributed by atoms with E-state index in [1.807, 2.05) is 12.1 Å². The van der Waals surface area contributed by atoms with E-state index in [9.17, 15) is 5.11 Å². The van der Waals surface area contributed by atoms with Gasteiger partial charge in [-0.1, -0.05) is 32.9 Å². The molecule has 112 valence electrons. The molecule has 2 aromatic carbocycles. The minimum atomic E-state index is 0.172. The van der Waals surface area contributed by atoms with E-state index in [0.717, 1.165) is 11.3 Å². The van der Waals surface area contributed by atoms with Crippen molar-refractivity contribution in [2.45, 2.75) is 32.7 Å². The van der Waals surface area contributed by atoms with Crippen LogP contribution in [-0.4, -0.2) is 5.11 Å². The number of phenols is 1. The number of benzene rings is 2. The number of halogens is 2. The van der Waals surface area contributed by atoms with Crippen LogP contribution in [0.3, 0.4) is 0 Å². The van der Waals surface area contributed by atoms with Gasteiger partial charge in [0.25, 0.3) is 0 Å². The Bertz CT molecular complexity index is 607. The van der Waals surface area contributed by atoms with Gasteiger partial charge in [-0.2, -0.15) is 0 Å². The molecular weight excluding hydrogens is 394 g/mol. The molecule has 0 amide bonds. The molecule has 0 aliphatic carbocycles. The van der Waals surface area contributed by atoms with Gasteiger partial charge in [0.1, 0.15) is 5.75 Å². The summed E-state index contributed by atoms with van der Waals surface area (Å²) in [7, 11) is 0. The topological polar surface area (TPSA) is 32.3 Å². The molecule has 0 saturated heterocycles. The van der Waals surface area contributed by atoms with Gasteiger partial charge in [0.15, 0.2) is 0 Å². The molecule has 0 saturated carbocycles. The van der Waals surface area contributed by atoms with Crippen molar-refractivity contribution in [1.82, 2.24) is 0 Å². The molecule has 0 aromatic heterocycles. The van der Waals surface area contributed by atoms with Crippen LogP contribution < -0.4 is 5.32 Å². The maximum absolute atomic E-state index is 9.71. The van der Waals surface area contributed by atoms with Gasteiger partial charge >= 0.3 is 0 Å². The molecular formula is C17H19Br2NO. The molecule has 0 bridgehead atoms. The molecule has 0 aliphatic rings. The zero-order valence-corrected chi connectivity index (χ0v) is 15.5. The van der Waals surface area contributed by atoms with Crippen LogP contribution in [0.1, 0.15) is 31.9 Å². The van der Waals surface area contributed by atoms with Crippen LogP contribution in [0.5, 0.6) is 5.75 Å². The van der Waals surface area contributed by atoms with Crippen LogP contribution in [0.15, 0.2) is 45.3 Å². The molecule has 2 nitrogen and oxygen atoms in total. The number of rotatable bonds is 3. The first-order valence-corrected chi connectivity index (χ1v) is 8.37. The minimum absolute atomic E-state index is 0.172. The second kappa shape index (κ2) is 6.41. The SMILES string of the molecule is CC(C)(C)c1ccc(NCc2cc(Br)c(O)c(Br)c2)cc1. The van der Waals surface area contributed by atoms with E-state index in [4.69, 9.17) is 0 Å². The Morgan fingerprint density at radius 3 is 2.00 bits per heavy atom. The Hall–Kier alpha value is -1.000. The molecule has 4 heteroatoms. The second-order valence-electron chi connectivity index (χ2n) is 6.09. The summed E-state index contributed by atoms with van der Waals surface area (Å²) in [5.41, 5.74) is 3.67. The van der Waals surface area contributed by atoms with Crippen molar-refractivity contribution in [3.63, 3.8) is 0 Å². The summed E-state index contributed by atoms with van der Waals surface area (Å²) in [6, 6.07) is 12.3. The molecule has 0 spiro atoms. The maximum Gasteiger partial charge on any atom is 0.143 e. The average molecular weight is 413 g/mol. The van der Waals surface area contributed by atoms with Crippen LogP contribution >= 0.6 is 31.9 Å². The molecule has 0 heterocycles.